The highest BCUT2D eigenvalue weighted by Crippen LogP contribution is 2.23. The van der Waals surface area contributed by atoms with E-state index < -0.39 is 12.2 Å². The van der Waals surface area contributed by atoms with Crippen LogP contribution in [0.5, 0.6) is 5.75 Å². The predicted octanol–water partition coefficient (Wildman–Crippen LogP) is 4.47. The molecule has 2 aromatic carbocycles. The maximum absolute atomic E-state index is 12.9. The van der Waals surface area contributed by atoms with Gasteiger partial charge in [0.25, 0.3) is 0 Å². The van der Waals surface area contributed by atoms with Crippen LogP contribution < -0.4 is 4.74 Å². The van der Waals surface area contributed by atoms with Crippen LogP contribution >= 0.6 is 0 Å². The molecule has 0 N–H and O–H groups in total. The monoisotopic (exact) mass is 283 g/mol. The molecule has 0 aromatic heterocycles. The molecule has 0 saturated heterocycles. The van der Waals surface area contributed by atoms with Gasteiger partial charge >= 0.3 is 6.36 Å². The third-order valence-corrected chi connectivity index (χ3v) is 2.26. The molecular weight excluding hydrogens is 274 g/mol. The molecular formula is C14H9F4NO. The lowest BCUT2D eigenvalue weighted by Gasteiger charge is -2.08. The molecule has 0 unspecified atom stereocenters. The summed E-state index contributed by atoms with van der Waals surface area (Å²) in [6.45, 7) is 0. The number of nitrogens with zero attached hydrogens (tertiary/aromatic N) is 1. The highest BCUT2D eigenvalue weighted by atomic mass is 19.4. The van der Waals surface area contributed by atoms with E-state index in [1.54, 1.807) is 12.1 Å². The fourth-order valence-electron chi connectivity index (χ4n) is 1.50. The van der Waals surface area contributed by atoms with Crippen molar-refractivity contribution in [2.45, 2.75) is 6.36 Å². The molecule has 2 aromatic rings. The molecule has 0 spiro atoms. The first kappa shape index (κ1) is 14.0. The van der Waals surface area contributed by atoms with Gasteiger partial charge in [0.15, 0.2) is 0 Å². The van der Waals surface area contributed by atoms with E-state index in [1.807, 2.05) is 0 Å². The summed E-state index contributed by atoms with van der Waals surface area (Å²) < 4.78 is 52.9. The lowest BCUT2D eigenvalue weighted by atomic mass is 10.2. The fraction of sp³-hybridized carbons (Fsp3) is 0.0714. The minimum absolute atomic E-state index is 0.333. The van der Waals surface area contributed by atoms with Crippen LogP contribution in [0.25, 0.3) is 0 Å². The number of hydrogen-bond donors (Lipinski definition) is 0. The SMILES string of the molecule is Fc1cccc(N=Cc2cccc(OC(F)(F)F)c2)c1. The molecule has 104 valence electrons. The van der Waals surface area contributed by atoms with Gasteiger partial charge in [-0.25, -0.2) is 4.39 Å². The fourth-order valence-corrected chi connectivity index (χ4v) is 1.50. The first-order chi connectivity index (χ1) is 9.42. The van der Waals surface area contributed by atoms with Gasteiger partial charge in [-0.2, -0.15) is 0 Å². The minimum atomic E-state index is -4.74. The molecule has 0 heterocycles. The molecule has 2 nitrogen and oxygen atoms in total. The summed E-state index contributed by atoms with van der Waals surface area (Å²) in [5, 5.41) is 0. The van der Waals surface area contributed by atoms with Crippen molar-refractivity contribution in [2.24, 2.45) is 4.99 Å². The third kappa shape index (κ3) is 4.38. The average molecular weight is 283 g/mol. The molecule has 0 atom stereocenters. The van der Waals surface area contributed by atoms with Crippen LogP contribution in [0.1, 0.15) is 5.56 Å². The van der Waals surface area contributed by atoms with E-state index >= 15 is 0 Å². The standard InChI is InChI=1S/C14H9F4NO/c15-11-4-2-5-12(8-11)19-9-10-3-1-6-13(7-10)20-14(16,17)18/h1-9H. The van der Waals surface area contributed by atoms with E-state index in [2.05, 4.69) is 9.73 Å². The molecule has 0 aliphatic rings. The normalized spacial score (nSPS) is 11.8. The van der Waals surface area contributed by atoms with Crippen molar-refractivity contribution in [3.8, 4) is 5.75 Å². The van der Waals surface area contributed by atoms with E-state index in [0.717, 1.165) is 0 Å². The first-order valence-corrected chi connectivity index (χ1v) is 5.58. The number of benzene rings is 2. The number of aliphatic imine (C=N–C) groups is 1. The van der Waals surface area contributed by atoms with Crippen molar-refractivity contribution < 1.29 is 22.3 Å². The van der Waals surface area contributed by atoms with Gasteiger partial charge in [0.1, 0.15) is 11.6 Å². The maximum Gasteiger partial charge on any atom is 0.573 e. The van der Waals surface area contributed by atoms with Gasteiger partial charge in [-0.05, 0) is 35.9 Å². The maximum atomic E-state index is 12.9. The van der Waals surface area contributed by atoms with Gasteiger partial charge in [-0.15, -0.1) is 13.2 Å². The quantitative estimate of drug-likeness (QED) is 0.601. The van der Waals surface area contributed by atoms with Crippen molar-refractivity contribution in [3.05, 3.63) is 59.9 Å². The van der Waals surface area contributed by atoms with E-state index in [1.165, 1.54) is 42.6 Å². The van der Waals surface area contributed by atoms with Crippen LogP contribution in [0.4, 0.5) is 23.2 Å². The third-order valence-electron chi connectivity index (χ3n) is 2.26. The molecule has 0 radical (unpaired) electrons. The lowest BCUT2D eigenvalue weighted by molar-refractivity contribution is -0.274. The van der Waals surface area contributed by atoms with Crippen molar-refractivity contribution in [1.29, 1.82) is 0 Å². The van der Waals surface area contributed by atoms with E-state index in [-0.39, 0.29) is 5.75 Å². The first-order valence-electron chi connectivity index (χ1n) is 5.58. The smallest absolute Gasteiger partial charge is 0.406 e. The Balaban J connectivity index is 2.15. The second-order valence-corrected chi connectivity index (χ2v) is 3.86. The zero-order valence-corrected chi connectivity index (χ0v) is 10.1. The summed E-state index contributed by atoms with van der Waals surface area (Å²) in [6.07, 6.45) is -3.41. The van der Waals surface area contributed by atoms with Gasteiger partial charge in [-0.1, -0.05) is 18.2 Å². The van der Waals surface area contributed by atoms with Gasteiger partial charge in [0, 0.05) is 6.21 Å². The Morgan fingerprint density at radius 1 is 1.00 bits per heavy atom. The second-order valence-electron chi connectivity index (χ2n) is 3.86. The van der Waals surface area contributed by atoms with Crippen molar-refractivity contribution in [2.75, 3.05) is 0 Å². The molecule has 2 rings (SSSR count). The van der Waals surface area contributed by atoms with Gasteiger partial charge in [0.05, 0.1) is 5.69 Å². The van der Waals surface area contributed by atoms with Crippen LogP contribution in [0.3, 0.4) is 0 Å². The van der Waals surface area contributed by atoms with Gasteiger partial charge < -0.3 is 4.74 Å². The Kier molecular flexibility index (Phi) is 4.02. The minimum Gasteiger partial charge on any atom is -0.406 e. The Morgan fingerprint density at radius 3 is 2.45 bits per heavy atom. The van der Waals surface area contributed by atoms with Crippen molar-refractivity contribution >= 4 is 11.9 Å². The van der Waals surface area contributed by atoms with E-state index in [4.69, 9.17) is 0 Å². The summed E-state index contributed by atoms with van der Waals surface area (Å²) in [7, 11) is 0. The largest absolute Gasteiger partial charge is 0.573 e. The zero-order valence-electron chi connectivity index (χ0n) is 10.1. The number of halogens is 4. The average Bonchev–Trinajstić information content (AvgIpc) is 2.35. The number of hydrogen-bond acceptors (Lipinski definition) is 2. The topological polar surface area (TPSA) is 21.6 Å². The number of rotatable bonds is 3. The van der Waals surface area contributed by atoms with Crippen molar-refractivity contribution in [3.63, 3.8) is 0 Å². The summed E-state index contributed by atoms with van der Waals surface area (Å²) in [5.74, 6) is -0.769. The van der Waals surface area contributed by atoms with Crippen LogP contribution in [0.15, 0.2) is 53.5 Å². The van der Waals surface area contributed by atoms with Crippen LogP contribution in [-0.2, 0) is 0 Å². The summed E-state index contributed by atoms with van der Waals surface area (Å²) in [6, 6.07) is 10.9. The van der Waals surface area contributed by atoms with Crippen LogP contribution in [0.2, 0.25) is 0 Å². The highest BCUT2D eigenvalue weighted by Gasteiger charge is 2.30. The number of ether oxygens (including phenoxy) is 1. The van der Waals surface area contributed by atoms with E-state index in [0.29, 0.717) is 11.3 Å². The van der Waals surface area contributed by atoms with Crippen LogP contribution in [-0.4, -0.2) is 12.6 Å². The molecule has 20 heavy (non-hydrogen) atoms. The Hall–Kier alpha value is -2.37. The Morgan fingerprint density at radius 2 is 1.75 bits per heavy atom. The molecule has 0 saturated carbocycles. The van der Waals surface area contributed by atoms with Gasteiger partial charge in [0.2, 0.25) is 0 Å². The molecule has 0 bridgehead atoms. The summed E-state index contributed by atoms with van der Waals surface area (Å²) in [5.41, 5.74) is 0.781. The molecule has 0 amide bonds. The molecule has 0 fully saturated rings. The molecule has 6 heteroatoms. The summed E-state index contributed by atoms with van der Waals surface area (Å²) in [4.78, 5) is 3.97. The van der Waals surface area contributed by atoms with E-state index in [9.17, 15) is 17.6 Å². The Labute approximate surface area is 112 Å². The predicted molar refractivity (Wildman–Crippen MR) is 66.8 cm³/mol. The molecule has 0 aliphatic heterocycles. The summed E-state index contributed by atoms with van der Waals surface area (Å²) >= 11 is 0. The highest BCUT2D eigenvalue weighted by molar-refractivity contribution is 5.82. The van der Waals surface area contributed by atoms with Crippen LogP contribution in [0, 0.1) is 5.82 Å². The lowest BCUT2D eigenvalue weighted by Crippen LogP contribution is -2.17. The Bertz CT molecular complexity index is 623. The molecule has 0 aliphatic carbocycles. The van der Waals surface area contributed by atoms with Crippen molar-refractivity contribution in [1.82, 2.24) is 0 Å². The zero-order chi connectivity index (χ0) is 14.6. The second kappa shape index (κ2) is 5.73. The van der Waals surface area contributed by atoms with Gasteiger partial charge in [-0.3, -0.25) is 4.99 Å². The number of alkyl halides is 3.